The normalized spacial score (nSPS) is 16.5. The Morgan fingerprint density at radius 3 is 2.82 bits per heavy atom. The molecule has 1 atom stereocenters. The maximum atomic E-state index is 5.86. The van der Waals surface area contributed by atoms with E-state index in [1.807, 2.05) is 18.2 Å². The van der Waals surface area contributed by atoms with E-state index in [1.54, 1.807) is 7.11 Å². The van der Waals surface area contributed by atoms with Crippen molar-refractivity contribution in [2.75, 3.05) is 18.1 Å². The minimum atomic E-state index is 0.0344. The van der Waals surface area contributed by atoms with Crippen LogP contribution in [0.3, 0.4) is 0 Å². The second kappa shape index (κ2) is 5.83. The van der Waals surface area contributed by atoms with Crippen LogP contribution in [0.25, 0.3) is 0 Å². The van der Waals surface area contributed by atoms with Gasteiger partial charge in [-0.1, -0.05) is 11.3 Å². The van der Waals surface area contributed by atoms with E-state index in [1.165, 1.54) is 5.23 Å². The molecule has 0 radical (unpaired) electrons. The summed E-state index contributed by atoms with van der Waals surface area (Å²) in [5.74, 6) is 1.34. The predicted octanol–water partition coefficient (Wildman–Crippen LogP) is 1.74. The first-order valence-corrected chi connectivity index (χ1v) is 6.39. The molecule has 0 spiro atoms. The zero-order chi connectivity index (χ0) is 12.3. The molecule has 7 heteroatoms. The summed E-state index contributed by atoms with van der Waals surface area (Å²) in [6, 6.07) is 5.80. The Labute approximate surface area is 110 Å². The number of ether oxygens (including phenoxy) is 1. The number of hydrogen-bond acceptors (Lipinski definition) is 7. The molecule has 1 aromatic carbocycles. The fourth-order valence-corrected chi connectivity index (χ4v) is 1.93. The average Bonchev–Trinajstić information content (AvgIpc) is 2.27. The Bertz CT molecular complexity index is 388. The molecule has 1 fully saturated rings. The lowest BCUT2D eigenvalue weighted by Crippen LogP contribution is -2.28. The van der Waals surface area contributed by atoms with Crippen molar-refractivity contribution < 1.29 is 13.3 Å². The van der Waals surface area contributed by atoms with Crippen LogP contribution in [0.15, 0.2) is 18.2 Å². The summed E-state index contributed by atoms with van der Waals surface area (Å²) in [4.78, 5) is 0. The largest absolute Gasteiger partial charge is 0.494 e. The van der Waals surface area contributed by atoms with Gasteiger partial charge in [0, 0.05) is 11.8 Å². The van der Waals surface area contributed by atoms with Gasteiger partial charge in [-0.05, 0) is 24.1 Å². The number of methoxy groups -OCH3 is 1. The van der Waals surface area contributed by atoms with E-state index in [9.17, 15) is 0 Å². The van der Waals surface area contributed by atoms with Gasteiger partial charge in [0.1, 0.15) is 11.4 Å². The quantitative estimate of drug-likeness (QED) is 0.630. The molecular weight excluding hydrogens is 260 g/mol. The van der Waals surface area contributed by atoms with E-state index < -0.39 is 0 Å². The molecule has 0 unspecified atom stereocenters. The summed E-state index contributed by atoms with van der Waals surface area (Å²) in [5, 5.41) is 1.30. The Morgan fingerprint density at radius 2 is 2.29 bits per heavy atom. The first kappa shape index (κ1) is 12.8. The van der Waals surface area contributed by atoms with Crippen molar-refractivity contribution in [1.82, 2.24) is 0 Å². The highest BCUT2D eigenvalue weighted by molar-refractivity contribution is 7.90. The topological polar surface area (TPSA) is 57.0 Å². The van der Waals surface area contributed by atoms with Crippen LogP contribution in [0.5, 0.6) is 5.75 Å². The molecular formula is C10H14N2O3S2. The lowest BCUT2D eigenvalue weighted by Gasteiger charge is -2.27. The molecule has 17 heavy (non-hydrogen) atoms. The summed E-state index contributed by atoms with van der Waals surface area (Å²) < 4.78 is 15.3. The number of benzene rings is 1. The van der Waals surface area contributed by atoms with Crippen molar-refractivity contribution in [3.05, 3.63) is 23.8 Å². The number of hydrogen-bond donors (Lipinski definition) is 2. The molecule has 5 nitrogen and oxygen atoms in total. The Balaban J connectivity index is 2.18. The van der Waals surface area contributed by atoms with Crippen LogP contribution in [-0.4, -0.2) is 18.9 Å². The van der Waals surface area contributed by atoms with Crippen LogP contribution >= 0.6 is 25.0 Å². The molecule has 0 aromatic heterocycles. The zero-order valence-corrected chi connectivity index (χ0v) is 11.0. The molecule has 1 heterocycles. The number of anilines is 1. The highest BCUT2D eigenvalue weighted by atomic mass is 32.2. The summed E-state index contributed by atoms with van der Waals surface area (Å²) >= 11 is 5.08. The molecule has 1 aliphatic rings. The van der Waals surface area contributed by atoms with Gasteiger partial charge in [0.25, 0.3) is 0 Å². The SMILES string of the molecule is COc1ccc(C[C@H](N)CS)cc1N1OSO1. The van der Waals surface area contributed by atoms with Gasteiger partial charge in [-0.3, -0.25) is 0 Å². The third kappa shape index (κ3) is 2.99. The van der Waals surface area contributed by atoms with Gasteiger partial charge >= 0.3 is 0 Å². The Kier molecular flexibility index (Phi) is 4.41. The van der Waals surface area contributed by atoms with Crippen molar-refractivity contribution in [2.24, 2.45) is 5.73 Å². The van der Waals surface area contributed by atoms with Crippen molar-refractivity contribution in [3.63, 3.8) is 0 Å². The summed E-state index contributed by atoms with van der Waals surface area (Å²) in [6.45, 7) is 0. The van der Waals surface area contributed by atoms with Crippen LogP contribution in [0, 0.1) is 0 Å². The summed E-state index contributed by atoms with van der Waals surface area (Å²) in [5.41, 5.74) is 7.68. The van der Waals surface area contributed by atoms with Gasteiger partial charge in [0.05, 0.1) is 7.11 Å². The minimum Gasteiger partial charge on any atom is -0.494 e. The van der Waals surface area contributed by atoms with Gasteiger partial charge in [0.2, 0.25) is 12.3 Å². The standard InChI is InChI=1S/C10H14N2O3S2/c1-13-10-3-2-7(4-8(11)6-16)5-9(10)12-14-17-15-12/h2-3,5,8,16H,4,6,11H2,1H3/t8-/m0/s1. The van der Waals surface area contributed by atoms with Crippen LogP contribution in [0.2, 0.25) is 0 Å². The van der Waals surface area contributed by atoms with Crippen molar-refractivity contribution in [3.8, 4) is 5.75 Å². The first-order valence-electron chi connectivity index (χ1n) is 5.09. The van der Waals surface area contributed by atoms with Gasteiger partial charge in [-0.2, -0.15) is 12.6 Å². The predicted molar refractivity (Wildman–Crippen MR) is 70.8 cm³/mol. The smallest absolute Gasteiger partial charge is 0.217 e. The van der Waals surface area contributed by atoms with E-state index in [-0.39, 0.29) is 6.04 Å². The third-order valence-electron chi connectivity index (χ3n) is 2.37. The number of nitrogens with two attached hydrogens (primary N) is 1. The molecule has 94 valence electrons. The Hall–Kier alpha value is -0.600. The van der Waals surface area contributed by atoms with Crippen LogP contribution in [-0.2, 0) is 15.0 Å². The fraction of sp³-hybridized carbons (Fsp3) is 0.400. The average molecular weight is 274 g/mol. The first-order chi connectivity index (χ1) is 8.24. The van der Waals surface area contributed by atoms with Crippen molar-refractivity contribution in [1.29, 1.82) is 0 Å². The molecule has 2 rings (SSSR count). The molecule has 0 amide bonds. The zero-order valence-electron chi connectivity index (χ0n) is 9.33. The maximum Gasteiger partial charge on any atom is 0.217 e. The monoisotopic (exact) mass is 274 g/mol. The molecule has 1 aromatic rings. The van der Waals surface area contributed by atoms with E-state index in [0.29, 0.717) is 11.5 Å². The maximum absolute atomic E-state index is 5.86. The van der Waals surface area contributed by atoms with Crippen molar-refractivity contribution >= 4 is 30.6 Å². The second-order valence-electron chi connectivity index (χ2n) is 3.63. The fourth-order valence-electron chi connectivity index (χ4n) is 1.51. The number of thiol groups is 1. The van der Waals surface area contributed by atoms with E-state index in [2.05, 4.69) is 12.6 Å². The number of rotatable bonds is 5. The molecule has 0 bridgehead atoms. The second-order valence-corrected chi connectivity index (χ2v) is 4.43. The summed E-state index contributed by atoms with van der Waals surface area (Å²) in [7, 11) is 1.60. The molecule has 0 aliphatic carbocycles. The Morgan fingerprint density at radius 1 is 1.53 bits per heavy atom. The number of nitrogens with zero attached hydrogens (tertiary/aromatic N) is 1. The molecule has 2 N–H and O–H groups in total. The molecule has 1 aliphatic heterocycles. The van der Waals surface area contributed by atoms with E-state index in [0.717, 1.165) is 30.0 Å². The summed E-state index contributed by atoms with van der Waals surface area (Å²) in [6.07, 6.45) is 0.751. The van der Waals surface area contributed by atoms with Gasteiger partial charge < -0.3 is 10.5 Å². The highest BCUT2D eigenvalue weighted by Crippen LogP contribution is 2.37. The van der Waals surface area contributed by atoms with Crippen LogP contribution < -0.4 is 15.7 Å². The lowest BCUT2D eigenvalue weighted by atomic mass is 10.1. The third-order valence-corrected chi connectivity index (χ3v) is 3.23. The van der Waals surface area contributed by atoms with Gasteiger partial charge in [0.15, 0.2) is 0 Å². The van der Waals surface area contributed by atoms with Crippen LogP contribution in [0.1, 0.15) is 5.56 Å². The molecule has 0 saturated carbocycles. The van der Waals surface area contributed by atoms with Crippen molar-refractivity contribution in [2.45, 2.75) is 12.5 Å². The lowest BCUT2D eigenvalue weighted by molar-refractivity contribution is 0.0256. The van der Waals surface area contributed by atoms with Crippen LogP contribution in [0.4, 0.5) is 5.69 Å². The van der Waals surface area contributed by atoms with E-state index in [4.69, 9.17) is 19.0 Å². The minimum absolute atomic E-state index is 0.0344. The van der Waals surface area contributed by atoms with Gasteiger partial charge in [-0.15, -0.1) is 8.57 Å². The molecule has 1 saturated heterocycles. The highest BCUT2D eigenvalue weighted by Gasteiger charge is 2.24. The van der Waals surface area contributed by atoms with Gasteiger partial charge in [-0.25, -0.2) is 0 Å². The van der Waals surface area contributed by atoms with E-state index >= 15 is 0 Å².